The number of rotatable bonds is 3. The van der Waals surface area contributed by atoms with Crippen LogP contribution in [0.2, 0.25) is 0 Å². The summed E-state index contributed by atoms with van der Waals surface area (Å²) in [7, 11) is -0.173. The number of ether oxygens (including phenoxy) is 1. The molecule has 0 radical (unpaired) electrons. The van der Waals surface area contributed by atoms with E-state index in [0.717, 1.165) is 0 Å². The van der Waals surface area contributed by atoms with Crippen LogP contribution in [0.5, 0.6) is 0 Å². The highest BCUT2D eigenvalue weighted by atomic mass is 19.4. The van der Waals surface area contributed by atoms with Crippen molar-refractivity contribution >= 4 is 0 Å². The van der Waals surface area contributed by atoms with Crippen LogP contribution >= 0.6 is 0 Å². The van der Waals surface area contributed by atoms with Crippen molar-refractivity contribution in [2.75, 3.05) is 7.11 Å². The normalized spacial score (nSPS) is 26.0. The van der Waals surface area contributed by atoms with Gasteiger partial charge in [0.15, 0.2) is 0 Å². The first-order chi connectivity index (χ1) is 11.6. The standard InChI is InChI=1S/C9H3F15N2O/c1-27-4(12,13)2(10)3(11)25-5(14,15)7(18,19)26(9(22,23)24)8(20,21)6(25,16)17/h1H3/b3-2+. The third kappa shape index (κ3) is 3.05. The number of halogens is 15. The third-order valence-electron chi connectivity index (χ3n) is 2.99. The zero-order chi connectivity index (χ0) is 22.0. The van der Waals surface area contributed by atoms with Gasteiger partial charge in [0, 0.05) is 7.11 Å². The molecule has 1 heterocycles. The molecule has 160 valence electrons. The Morgan fingerprint density at radius 1 is 0.704 bits per heavy atom. The van der Waals surface area contributed by atoms with Crippen molar-refractivity contribution < 1.29 is 70.6 Å². The fraction of sp³-hybridized carbons (Fsp3) is 0.778. The van der Waals surface area contributed by atoms with Gasteiger partial charge in [0.1, 0.15) is 0 Å². The zero-order valence-electron chi connectivity index (χ0n) is 12.0. The Bertz CT molecular complexity index is 595. The Kier molecular flexibility index (Phi) is 5.17. The molecule has 0 aromatic carbocycles. The molecule has 0 aromatic rings. The van der Waals surface area contributed by atoms with E-state index < -0.39 is 58.2 Å². The third-order valence-corrected chi connectivity index (χ3v) is 2.99. The van der Waals surface area contributed by atoms with Gasteiger partial charge in [-0.25, -0.2) is 4.90 Å². The van der Waals surface area contributed by atoms with E-state index in [-0.39, 0.29) is 7.11 Å². The fourth-order valence-corrected chi connectivity index (χ4v) is 1.76. The van der Waals surface area contributed by atoms with Crippen LogP contribution in [0.1, 0.15) is 0 Å². The molecule has 0 amide bonds. The largest absolute Gasteiger partial charge is 0.470 e. The summed E-state index contributed by atoms with van der Waals surface area (Å²) in [5, 5.41) is 0. The summed E-state index contributed by atoms with van der Waals surface area (Å²) in [5.74, 6) is -8.53. The minimum absolute atomic E-state index is 0.173. The second-order valence-corrected chi connectivity index (χ2v) is 4.63. The average molecular weight is 440 g/mol. The number of hydrogen-bond donors (Lipinski definition) is 0. The minimum Gasteiger partial charge on any atom is -0.318 e. The summed E-state index contributed by atoms with van der Waals surface area (Å²) in [6.07, 6.45) is -13.0. The van der Waals surface area contributed by atoms with Crippen molar-refractivity contribution in [1.82, 2.24) is 9.80 Å². The molecule has 1 aliphatic heterocycles. The van der Waals surface area contributed by atoms with E-state index in [1.165, 1.54) is 0 Å². The molecule has 0 N–H and O–H groups in total. The quantitative estimate of drug-likeness (QED) is 0.462. The highest BCUT2D eigenvalue weighted by Gasteiger charge is 2.90. The van der Waals surface area contributed by atoms with Crippen molar-refractivity contribution in [3.8, 4) is 0 Å². The Morgan fingerprint density at radius 2 is 1.04 bits per heavy atom. The zero-order valence-corrected chi connectivity index (χ0v) is 12.0. The number of hydrogen-bond acceptors (Lipinski definition) is 3. The maximum Gasteiger partial charge on any atom is 0.470 e. The van der Waals surface area contributed by atoms with Gasteiger partial charge in [-0.2, -0.15) is 65.9 Å². The van der Waals surface area contributed by atoms with Crippen molar-refractivity contribution in [1.29, 1.82) is 0 Å². The first-order valence-electron chi connectivity index (χ1n) is 5.79. The molecule has 0 bridgehead atoms. The van der Waals surface area contributed by atoms with Gasteiger partial charge in [-0.05, 0) is 0 Å². The predicted octanol–water partition coefficient (Wildman–Crippen LogP) is 4.84. The van der Waals surface area contributed by atoms with Gasteiger partial charge in [-0.3, -0.25) is 0 Å². The topological polar surface area (TPSA) is 15.7 Å². The highest BCUT2D eigenvalue weighted by Crippen LogP contribution is 2.62. The van der Waals surface area contributed by atoms with Gasteiger partial charge >= 0.3 is 36.6 Å². The van der Waals surface area contributed by atoms with E-state index in [1.807, 2.05) is 0 Å². The van der Waals surface area contributed by atoms with Crippen LogP contribution in [0.4, 0.5) is 65.9 Å². The Balaban J connectivity index is 3.88. The second kappa shape index (κ2) is 5.95. The van der Waals surface area contributed by atoms with Crippen LogP contribution < -0.4 is 0 Å². The van der Waals surface area contributed by atoms with E-state index in [2.05, 4.69) is 4.74 Å². The van der Waals surface area contributed by atoms with Crippen molar-refractivity contribution in [2.45, 2.75) is 36.6 Å². The Morgan fingerprint density at radius 3 is 1.30 bits per heavy atom. The first kappa shape index (κ1) is 23.4. The smallest absolute Gasteiger partial charge is 0.318 e. The lowest BCUT2D eigenvalue weighted by Crippen LogP contribution is -2.82. The molecule has 1 saturated heterocycles. The second-order valence-electron chi connectivity index (χ2n) is 4.63. The van der Waals surface area contributed by atoms with E-state index in [9.17, 15) is 65.9 Å². The number of nitrogens with zero attached hydrogens (tertiary/aromatic N) is 2. The fourth-order valence-electron chi connectivity index (χ4n) is 1.76. The van der Waals surface area contributed by atoms with Crippen LogP contribution in [-0.2, 0) is 4.74 Å². The van der Waals surface area contributed by atoms with E-state index >= 15 is 0 Å². The maximum absolute atomic E-state index is 13.5. The number of alkyl halides is 13. The summed E-state index contributed by atoms with van der Waals surface area (Å²) in [6, 6.07) is -29.4. The molecule has 0 saturated carbocycles. The molecule has 27 heavy (non-hydrogen) atoms. The molecular formula is C9H3F15N2O. The highest BCUT2D eigenvalue weighted by molar-refractivity contribution is 5.15. The summed E-state index contributed by atoms with van der Waals surface area (Å²) in [4.78, 5) is -7.41. The summed E-state index contributed by atoms with van der Waals surface area (Å²) in [6.45, 7) is 0. The minimum atomic E-state index is -7.38. The molecule has 0 aliphatic carbocycles. The summed E-state index contributed by atoms with van der Waals surface area (Å²) in [5.41, 5.74) is 0. The van der Waals surface area contributed by atoms with Gasteiger partial charge in [0.05, 0.1) is 0 Å². The van der Waals surface area contributed by atoms with Gasteiger partial charge in [-0.1, -0.05) is 4.90 Å². The monoisotopic (exact) mass is 440 g/mol. The van der Waals surface area contributed by atoms with Crippen LogP contribution in [-0.4, -0.2) is 53.5 Å². The number of methoxy groups -OCH3 is 1. The molecular weight excluding hydrogens is 437 g/mol. The lowest BCUT2D eigenvalue weighted by molar-refractivity contribution is -0.547. The van der Waals surface area contributed by atoms with Gasteiger partial charge in [0.2, 0.25) is 5.95 Å². The first-order valence-corrected chi connectivity index (χ1v) is 5.79. The molecule has 0 unspecified atom stereocenters. The molecule has 18 heteroatoms. The molecule has 3 nitrogen and oxygen atoms in total. The maximum atomic E-state index is 13.5. The molecule has 0 aromatic heterocycles. The van der Waals surface area contributed by atoms with Crippen molar-refractivity contribution in [2.24, 2.45) is 0 Å². The number of piperazine rings is 1. The molecule has 1 aliphatic rings. The molecule has 1 rings (SSSR count). The van der Waals surface area contributed by atoms with E-state index in [0.29, 0.717) is 0 Å². The summed E-state index contributed by atoms with van der Waals surface area (Å²) >= 11 is 0. The van der Waals surface area contributed by atoms with Crippen LogP contribution in [0.15, 0.2) is 11.8 Å². The van der Waals surface area contributed by atoms with Crippen molar-refractivity contribution in [3.05, 3.63) is 11.8 Å². The van der Waals surface area contributed by atoms with Gasteiger partial charge in [0.25, 0.3) is 5.83 Å². The van der Waals surface area contributed by atoms with Crippen LogP contribution in [0.3, 0.4) is 0 Å². The van der Waals surface area contributed by atoms with E-state index in [4.69, 9.17) is 0 Å². The van der Waals surface area contributed by atoms with Crippen LogP contribution in [0, 0.1) is 0 Å². The van der Waals surface area contributed by atoms with E-state index in [1.54, 1.807) is 0 Å². The lowest BCUT2D eigenvalue weighted by atomic mass is 10.1. The Hall–Kier alpha value is -1.59. The molecule has 0 atom stereocenters. The summed E-state index contributed by atoms with van der Waals surface area (Å²) < 4.78 is 199. The van der Waals surface area contributed by atoms with Gasteiger partial charge in [-0.15, -0.1) is 0 Å². The molecule has 1 fully saturated rings. The van der Waals surface area contributed by atoms with Crippen molar-refractivity contribution in [3.63, 3.8) is 0 Å². The predicted molar refractivity (Wildman–Crippen MR) is 50.7 cm³/mol. The molecule has 0 spiro atoms. The van der Waals surface area contributed by atoms with Gasteiger partial charge < -0.3 is 4.74 Å². The Labute approximate surface area is 137 Å². The lowest BCUT2D eigenvalue weighted by Gasteiger charge is -2.53. The average Bonchev–Trinajstić information content (AvgIpc) is 2.41. The van der Waals surface area contributed by atoms with Crippen LogP contribution in [0.25, 0.3) is 0 Å². The SMILES string of the molecule is COC(F)(F)/C(F)=C(/F)N1C(F)(F)C(F)(F)N(C(F)(F)F)C(F)(F)C1(F)F.